The molecule has 0 fully saturated rings. The van der Waals surface area contributed by atoms with Crippen LogP contribution >= 0.6 is 0 Å². The number of hydrogen-bond donors (Lipinski definition) is 0. The Kier molecular flexibility index (Phi) is 5.97. The average molecular weight is 335 g/mol. The van der Waals surface area contributed by atoms with Crippen LogP contribution in [-0.2, 0) is 13.5 Å². The van der Waals surface area contributed by atoms with Crippen molar-refractivity contribution >= 4 is 5.69 Å². The van der Waals surface area contributed by atoms with Gasteiger partial charge in [-0.15, -0.1) is 0 Å². The molecule has 3 rings (SSSR count). The summed E-state index contributed by atoms with van der Waals surface area (Å²) in [6.07, 6.45) is 3.11. The Morgan fingerprint density at radius 2 is 1.92 bits per heavy atom. The normalized spacial score (nSPS) is 16.7. The number of benzene rings is 1. The number of hydrogen-bond acceptors (Lipinski definition) is 2. The average Bonchev–Trinajstić information content (AvgIpc) is 2.93. The van der Waals surface area contributed by atoms with Gasteiger partial charge >= 0.3 is 0 Å². The third kappa shape index (κ3) is 3.94. The van der Waals surface area contributed by atoms with Crippen LogP contribution in [0.2, 0.25) is 0 Å². The van der Waals surface area contributed by atoms with E-state index in [9.17, 15) is 8.78 Å². The molecule has 3 nitrogen and oxygen atoms in total. The Balaban J connectivity index is 0.000000647. The smallest absolute Gasteiger partial charge is 0.264 e. The van der Waals surface area contributed by atoms with Crippen LogP contribution in [0.3, 0.4) is 0 Å². The molecule has 132 valence electrons. The summed E-state index contributed by atoms with van der Waals surface area (Å²) in [5.41, 5.74) is 3.49. The highest BCUT2D eigenvalue weighted by molar-refractivity contribution is 5.73. The van der Waals surface area contributed by atoms with Crippen LogP contribution in [0.1, 0.15) is 44.7 Å². The maximum Gasteiger partial charge on any atom is 0.264 e. The molecule has 0 bridgehead atoms. The molecule has 2 aromatic rings. The van der Waals surface area contributed by atoms with Gasteiger partial charge in [0, 0.05) is 43.7 Å². The zero-order valence-corrected chi connectivity index (χ0v) is 15.2. The molecule has 1 aromatic heterocycles. The van der Waals surface area contributed by atoms with Crippen LogP contribution < -0.4 is 4.90 Å². The van der Waals surface area contributed by atoms with Gasteiger partial charge in [0.1, 0.15) is 0 Å². The standard InChI is InChI=1S/C16H19F2N3.C3H8/c1-10-4-11-5-13(12-7-19-21(3)9-12)14(16(17)18)6-15(11)20(2)8-10;1-3-2/h5-7,9-10,16H,4,8H2,1-3H3;3H2,1-2H3/t10-;/m0./s1. The van der Waals surface area contributed by atoms with E-state index in [0.29, 0.717) is 11.5 Å². The van der Waals surface area contributed by atoms with Crippen LogP contribution in [-0.4, -0.2) is 23.4 Å². The number of nitrogens with zero attached hydrogens (tertiary/aromatic N) is 3. The molecule has 0 aliphatic carbocycles. The van der Waals surface area contributed by atoms with Crippen LogP contribution in [0.4, 0.5) is 14.5 Å². The molecule has 1 aliphatic heterocycles. The van der Waals surface area contributed by atoms with E-state index in [4.69, 9.17) is 0 Å². The molecule has 0 saturated carbocycles. The number of anilines is 1. The lowest BCUT2D eigenvalue weighted by Gasteiger charge is -2.32. The molecule has 0 N–H and O–H groups in total. The van der Waals surface area contributed by atoms with Gasteiger partial charge in [0.25, 0.3) is 6.43 Å². The predicted octanol–water partition coefficient (Wildman–Crippen LogP) is 5.07. The van der Waals surface area contributed by atoms with Crippen LogP contribution in [0.25, 0.3) is 11.1 Å². The van der Waals surface area contributed by atoms with Crippen molar-refractivity contribution < 1.29 is 8.78 Å². The minimum absolute atomic E-state index is 0.0863. The van der Waals surface area contributed by atoms with E-state index in [2.05, 4.69) is 30.8 Å². The van der Waals surface area contributed by atoms with E-state index in [-0.39, 0.29) is 5.56 Å². The van der Waals surface area contributed by atoms with Gasteiger partial charge in [-0.1, -0.05) is 27.2 Å². The molecule has 2 heterocycles. The summed E-state index contributed by atoms with van der Waals surface area (Å²) in [4.78, 5) is 2.07. The Labute approximate surface area is 143 Å². The number of halogens is 2. The summed E-state index contributed by atoms with van der Waals surface area (Å²) in [6, 6.07) is 3.56. The molecular weight excluding hydrogens is 308 g/mol. The van der Waals surface area contributed by atoms with Gasteiger partial charge in [0.2, 0.25) is 0 Å². The molecule has 0 radical (unpaired) electrons. The number of fused-ring (bicyclic) bond motifs is 1. The quantitative estimate of drug-likeness (QED) is 0.764. The van der Waals surface area contributed by atoms with Crippen LogP contribution in [0, 0.1) is 5.92 Å². The second-order valence-electron chi connectivity index (χ2n) is 6.67. The Morgan fingerprint density at radius 1 is 1.25 bits per heavy atom. The summed E-state index contributed by atoms with van der Waals surface area (Å²) in [6.45, 7) is 7.34. The minimum atomic E-state index is -2.49. The highest BCUT2D eigenvalue weighted by atomic mass is 19.3. The van der Waals surface area contributed by atoms with Gasteiger partial charge in [-0.05, 0) is 35.6 Å². The fourth-order valence-electron chi connectivity index (χ4n) is 3.16. The summed E-state index contributed by atoms with van der Waals surface area (Å²) in [7, 11) is 3.76. The first-order valence-corrected chi connectivity index (χ1v) is 8.52. The Bertz CT molecular complexity index is 679. The van der Waals surface area contributed by atoms with Crippen molar-refractivity contribution in [3.8, 4) is 11.1 Å². The van der Waals surface area contributed by atoms with Crippen molar-refractivity contribution in [2.75, 3.05) is 18.5 Å². The first-order chi connectivity index (χ1) is 11.4. The topological polar surface area (TPSA) is 21.1 Å². The van der Waals surface area contributed by atoms with Gasteiger partial charge in [-0.3, -0.25) is 4.68 Å². The third-order valence-electron chi connectivity index (χ3n) is 4.07. The second-order valence-corrected chi connectivity index (χ2v) is 6.67. The third-order valence-corrected chi connectivity index (χ3v) is 4.07. The number of alkyl halides is 2. The van der Waals surface area contributed by atoms with E-state index in [1.54, 1.807) is 30.2 Å². The summed E-state index contributed by atoms with van der Waals surface area (Å²) >= 11 is 0. The monoisotopic (exact) mass is 335 g/mol. The van der Waals surface area contributed by atoms with Crippen LogP contribution in [0.15, 0.2) is 24.5 Å². The number of aryl methyl sites for hydroxylation is 1. The predicted molar refractivity (Wildman–Crippen MR) is 95.7 cm³/mol. The molecule has 0 unspecified atom stereocenters. The van der Waals surface area contributed by atoms with E-state index in [0.717, 1.165) is 29.8 Å². The molecule has 5 heteroatoms. The summed E-state index contributed by atoms with van der Waals surface area (Å²) in [5, 5.41) is 4.10. The van der Waals surface area contributed by atoms with Crippen molar-refractivity contribution in [1.29, 1.82) is 0 Å². The van der Waals surface area contributed by atoms with Crippen LogP contribution in [0.5, 0.6) is 0 Å². The lowest BCUT2D eigenvalue weighted by atomic mass is 9.89. The Morgan fingerprint density at radius 3 is 2.46 bits per heavy atom. The summed E-state index contributed by atoms with van der Waals surface area (Å²) in [5.74, 6) is 0.529. The van der Waals surface area contributed by atoms with Crippen molar-refractivity contribution in [1.82, 2.24) is 9.78 Å². The minimum Gasteiger partial charge on any atom is -0.374 e. The molecule has 0 spiro atoms. The van der Waals surface area contributed by atoms with E-state index < -0.39 is 6.43 Å². The molecule has 0 amide bonds. The largest absolute Gasteiger partial charge is 0.374 e. The zero-order chi connectivity index (χ0) is 17.9. The lowest BCUT2D eigenvalue weighted by Crippen LogP contribution is -2.30. The van der Waals surface area contributed by atoms with Gasteiger partial charge in [0.05, 0.1) is 6.20 Å². The van der Waals surface area contributed by atoms with Crippen molar-refractivity contribution in [3.05, 3.63) is 35.7 Å². The molecule has 0 saturated heterocycles. The fourth-order valence-corrected chi connectivity index (χ4v) is 3.16. The van der Waals surface area contributed by atoms with Crippen molar-refractivity contribution in [3.63, 3.8) is 0 Å². The molecular formula is C19H27F2N3. The van der Waals surface area contributed by atoms with Crippen molar-refractivity contribution in [2.45, 2.75) is 40.0 Å². The SMILES string of the molecule is CCC.C[C@H]1Cc2cc(-c3cnn(C)c3)c(C(F)F)cc2N(C)C1. The van der Waals surface area contributed by atoms with Crippen molar-refractivity contribution in [2.24, 2.45) is 13.0 Å². The molecule has 1 aromatic carbocycles. The number of rotatable bonds is 2. The van der Waals surface area contributed by atoms with Gasteiger partial charge < -0.3 is 4.90 Å². The second kappa shape index (κ2) is 7.77. The van der Waals surface area contributed by atoms with Gasteiger partial charge in [0.15, 0.2) is 0 Å². The van der Waals surface area contributed by atoms with Gasteiger partial charge in [-0.2, -0.15) is 5.10 Å². The van der Waals surface area contributed by atoms with E-state index >= 15 is 0 Å². The zero-order valence-electron chi connectivity index (χ0n) is 15.2. The number of aromatic nitrogens is 2. The lowest BCUT2D eigenvalue weighted by molar-refractivity contribution is 0.152. The first-order valence-electron chi connectivity index (χ1n) is 8.52. The maximum absolute atomic E-state index is 13.4. The molecule has 1 aliphatic rings. The Hall–Kier alpha value is -1.91. The highest BCUT2D eigenvalue weighted by Crippen LogP contribution is 2.39. The first kappa shape index (κ1) is 18.4. The maximum atomic E-state index is 13.4. The van der Waals surface area contributed by atoms with E-state index in [1.807, 2.05) is 13.1 Å². The highest BCUT2D eigenvalue weighted by Gasteiger charge is 2.24. The van der Waals surface area contributed by atoms with Gasteiger partial charge in [-0.25, -0.2) is 8.78 Å². The molecule has 1 atom stereocenters. The van der Waals surface area contributed by atoms with E-state index in [1.165, 1.54) is 6.42 Å². The fraction of sp³-hybridized carbons (Fsp3) is 0.526. The molecule has 24 heavy (non-hydrogen) atoms. The summed E-state index contributed by atoms with van der Waals surface area (Å²) < 4.78 is 28.5.